The van der Waals surface area contributed by atoms with Crippen LogP contribution >= 0.6 is 0 Å². The SMILES string of the molecule is [C-]#[N+]C1=C[C@]2(C)c3nc(C(C)C)ncc3CC[C@H]2C(C)(C)C1=O. The van der Waals surface area contributed by atoms with Gasteiger partial charge in [-0.2, -0.15) is 0 Å². The number of hydrogen-bond acceptors (Lipinski definition) is 3. The molecule has 0 saturated carbocycles. The fourth-order valence-corrected chi connectivity index (χ4v) is 4.31. The zero-order valence-electron chi connectivity index (χ0n) is 14.5. The summed E-state index contributed by atoms with van der Waals surface area (Å²) >= 11 is 0. The number of carbonyl (C=O) groups is 1. The molecular weight excluding hydrogens is 286 g/mol. The van der Waals surface area contributed by atoms with Gasteiger partial charge in [-0.3, -0.25) is 0 Å². The van der Waals surface area contributed by atoms with Gasteiger partial charge in [0.25, 0.3) is 0 Å². The van der Waals surface area contributed by atoms with Gasteiger partial charge < -0.3 is 4.79 Å². The fraction of sp³-hybridized carbons (Fsp3) is 0.579. The van der Waals surface area contributed by atoms with Crippen molar-refractivity contribution in [3.63, 3.8) is 0 Å². The molecule has 2 aliphatic carbocycles. The van der Waals surface area contributed by atoms with E-state index in [9.17, 15) is 4.79 Å². The highest BCUT2D eigenvalue weighted by Crippen LogP contribution is 2.54. The smallest absolute Gasteiger partial charge is 0.226 e. The maximum absolute atomic E-state index is 12.6. The van der Waals surface area contributed by atoms with E-state index in [1.165, 1.54) is 0 Å². The van der Waals surface area contributed by atoms with Crippen molar-refractivity contribution >= 4 is 5.78 Å². The molecule has 2 atom stereocenters. The molecule has 23 heavy (non-hydrogen) atoms. The third-order valence-corrected chi connectivity index (χ3v) is 5.58. The summed E-state index contributed by atoms with van der Waals surface area (Å²) < 4.78 is 0. The zero-order valence-corrected chi connectivity index (χ0v) is 14.5. The first-order chi connectivity index (χ1) is 10.7. The number of carbonyl (C=O) groups excluding carboxylic acids is 1. The van der Waals surface area contributed by atoms with Crippen LogP contribution in [0.15, 0.2) is 18.0 Å². The summed E-state index contributed by atoms with van der Waals surface area (Å²) in [5.41, 5.74) is 1.50. The summed E-state index contributed by atoms with van der Waals surface area (Å²) in [6.07, 6.45) is 5.63. The first-order valence-corrected chi connectivity index (χ1v) is 8.23. The summed E-state index contributed by atoms with van der Waals surface area (Å²) in [7, 11) is 0. The second-order valence-electron chi connectivity index (χ2n) is 7.82. The third-order valence-electron chi connectivity index (χ3n) is 5.58. The molecule has 120 valence electrons. The van der Waals surface area contributed by atoms with E-state index < -0.39 is 5.41 Å². The average Bonchev–Trinajstić information content (AvgIpc) is 2.50. The molecule has 0 bridgehead atoms. The van der Waals surface area contributed by atoms with Crippen molar-refractivity contribution in [3.05, 3.63) is 46.5 Å². The Bertz CT molecular complexity index is 754. The largest absolute Gasteiger partial charge is 0.307 e. The lowest BCUT2D eigenvalue weighted by atomic mass is 9.53. The number of aromatic nitrogens is 2. The molecule has 1 aromatic rings. The van der Waals surface area contributed by atoms with Crippen LogP contribution in [0.3, 0.4) is 0 Å². The molecule has 3 rings (SSSR count). The Labute approximate surface area is 137 Å². The molecule has 2 aliphatic rings. The summed E-state index contributed by atoms with van der Waals surface area (Å²) in [5, 5.41) is 0. The first-order valence-electron chi connectivity index (χ1n) is 8.23. The van der Waals surface area contributed by atoms with Gasteiger partial charge in [-0.25, -0.2) is 14.8 Å². The van der Waals surface area contributed by atoms with Crippen LogP contribution < -0.4 is 0 Å². The van der Waals surface area contributed by atoms with Crippen LogP contribution in [-0.4, -0.2) is 15.8 Å². The molecule has 0 unspecified atom stereocenters. The highest BCUT2D eigenvalue weighted by Gasteiger charge is 2.54. The zero-order chi connectivity index (χ0) is 17.0. The van der Waals surface area contributed by atoms with E-state index in [0.29, 0.717) is 0 Å². The molecule has 0 saturated heterocycles. The van der Waals surface area contributed by atoms with Gasteiger partial charge >= 0.3 is 0 Å². The highest BCUT2D eigenvalue weighted by molar-refractivity contribution is 6.02. The number of aryl methyl sites for hydroxylation is 1. The Kier molecular flexibility index (Phi) is 3.44. The number of allylic oxidation sites excluding steroid dienone is 2. The van der Waals surface area contributed by atoms with Gasteiger partial charge in [-0.1, -0.05) is 40.7 Å². The lowest BCUT2D eigenvalue weighted by Crippen LogP contribution is -2.51. The fourth-order valence-electron chi connectivity index (χ4n) is 4.31. The minimum absolute atomic E-state index is 0.0310. The van der Waals surface area contributed by atoms with Crippen molar-refractivity contribution in [1.29, 1.82) is 0 Å². The molecule has 0 amide bonds. The molecule has 0 fully saturated rings. The van der Waals surface area contributed by atoms with Gasteiger partial charge in [0, 0.05) is 22.9 Å². The summed E-state index contributed by atoms with van der Waals surface area (Å²) in [6, 6.07) is 0. The molecule has 0 spiro atoms. The Morgan fingerprint density at radius 3 is 2.65 bits per heavy atom. The highest BCUT2D eigenvalue weighted by atomic mass is 16.1. The second-order valence-corrected chi connectivity index (χ2v) is 7.82. The topological polar surface area (TPSA) is 47.2 Å². The van der Waals surface area contributed by atoms with Gasteiger partial charge in [-0.05, 0) is 24.3 Å². The second kappa shape index (κ2) is 4.99. The van der Waals surface area contributed by atoms with Crippen LogP contribution in [0.4, 0.5) is 0 Å². The standard InChI is InChI=1S/C19H23N3O/c1-11(2)17-21-10-12-7-8-14-18(3,4)16(23)13(20-6)9-19(14,5)15(12)22-17/h9-11,14H,7-8H2,1-5H3/t14-,19-/m0/s1. The van der Waals surface area contributed by atoms with Gasteiger partial charge in [0.15, 0.2) is 5.78 Å². The molecule has 0 aromatic carbocycles. The van der Waals surface area contributed by atoms with Crippen LogP contribution in [0.2, 0.25) is 0 Å². The predicted octanol–water partition coefficient (Wildman–Crippen LogP) is 3.83. The first kappa shape index (κ1) is 15.9. The van der Waals surface area contributed by atoms with Crippen LogP contribution in [0, 0.1) is 17.9 Å². The van der Waals surface area contributed by atoms with Crippen LogP contribution in [0.25, 0.3) is 4.85 Å². The predicted molar refractivity (Wildman–Crippen MR) is 88.8 cm³/mol. The quantitative estimate of drug-likeness (QED) is 0.741. The molecule has 4 nitrogen and oxygen atoms in total. The lowest BCUT2D eigenvalue weighted by molar-refractivity contribution is -0.128. The number of nitrogens with zero attached hydrogens (tertiary/aromatic N) is 3. The van der Waals surface area contributed by atoms with E-state index in [1.54, 1.807) is 0 Å². The van der Waals surface area contributed by atoms with Crippen molar-refractivity contribution in [2.24, 2.45) is 11.3 Å². The lowest BCUT2D eigenvalue weighted by Gasteiger charge is -2.50. The number of fused-ring (bicyclic) bond motifs is 3. The van der Waals surface area contributed by atoms with Crippen LogP contribution in [-0.2, 0) is 16.6 Å². The normalized spacial score (nSPS) is 28.7. The van der Waals surface area contributed by atoms with Gasteiger partial charge in [0.2, 0.25) is 5.70 Å². The Morgan fingerprint density at radius 1 is 1.35 bits per heavy atom. The molecule has 1 heterocycles. The monoisotopic (exact) mass is 309 g/mol. The van der Waals surface area contributed by atoms with Gasteiger partial charge in [0.1, 0.15) is 5.82 Å². The van der Waals surface area contributed by atoms with Crippen molar-refractivity contribution in [2.75, 3.05) is 0 Å². The van der Waals surface area contributed by atoms with E-state index in [-0.39, 0.29) is 28.7 Å². The Balaban J connectivity index is 2.26. The number of ketones is 1. The van der Waals surface area contributed by atoms with E-state index in [0.717, 1.165) is 29.9 Å². The maximum Gasteiger partial charge on any atom is 0.226 e. The van der Waals surface area contributed by atoms with Crippen molar-refractivity contribution < 1.29 is 4.79 Å². The minimum atomic E-state index is -0.538. The van der Waals surface area contributed by atoms with Crippen molar-refractivity contribution in [3.8, 4) is 0 Å². The summed E-state index contributed by atoms with van der Waals surface area (Å²) in [5.74, 6) is 1.22. The Morgan fingerprint density at radius 2 is 2.04 bits per heavy atom. The van der Waals surface area contributed by atoms with E-state index in [1.807, 2.05) is 26.1 Å². The van der Waals surface area contributed by atoms with Crippen molar-refractivity contribution in [2.45, 2.75) is 58.8 Å². The van der Waals surface area contributed by atoms with E-state index >= 15 is 0 Å². The van der Waals surface area contributed by atoms with Gasteiger partial charge in [-0.15, -0.1) is 0 Å². The van der Waals surface area contributed by atoms with E-state index in [2.05, 4.69) is 30.6 Å². The maximum atomic E-state index is 12.6. The van der Waals surface area contributed by atoms with E-state index in [4.69, 9.17) is 11.6 Å². The molecule has 0 radical (unpaired) electrons. The number of hydrogen-bond donors (Lipinski definition) is 0. The Hall–Kier alpha value is -2.02. The average molecular weight is 309 g/mol. The molecule has 0 N–H and O–H groups in total. The third kappa shape index (κ3) is 2.14. The molecule has 0 aliphatic heterocycles. The van der Waals surface area contributed by atoms with Crippen LogP contribution in [0.1, 0.15) is 64.0 Å². The van der Waals surface area contributed by atoms with Crippen LogP contribution in [0.5, 0.6) is 0 Å². The van der Waals surface area contributed by atoms with Gasteiger partial charge in [0.05, 0.1) is 12.3 Å². The molecule has 1 aromatic heterocycles. The number of rotatable bonds is 1. The minimum Gasteiger partial charge on any atom is -0.307 e. The summed E-state index contributed by atoms with van der Waals surface area (Å²) in [6.45, 7) is 17.6. The summed E-state index contributed by atoms with van der Waals surface area (Å²) in [4.78, 5) is 25.5. The van der Waals surface area contributed by atoms with Crippen molar-refractivity contribution in [1.82, 2.24) is 9.97 Å². The molecule has 4 heteroatoms. The number of Topliss-reactive ketones (excluding diaryl/α,β-unsaturated/α-hetero) is 1. The molecular formula is C19H23N3O.